The van der Waals surface area contributed by atoms with Gasteiger partial charge < -0.3 is 10.1 Å². The number of rotatable bonds is 7. The van der Waals surface area contributed by atoms with Crippen molar-refractivity contribution in [3.63, 3.8) is 0 Å². The van der Waals surface area contributed by atoms with Gasteiger partial charge in [-0.15, -0.1) is 11.3 Å². The van der Waals surface area contributed by atoms with E-state index >= 15 is 0 Å². The van der Waals surface area contributed by atoms with Crippen LogP contribution in [0.2, 0.25) is 0 Å². The van der Waals surface area contributed by atoms with Crippen molar-refractivity contribution >= 4 is 11.3 Å². The normalized spacial score (nSPS) is 13.3. The second kappa shape index (κ2) is 6.93. The van der Waals surface area contributed by atoms with E-state index in [1.54, 1.807) is 11.3 Å². The maximum Gasteiger partial charge on any atom is 0.0794 e. The first-order valence-corrected chi connectivity index (χ1v) is 6.31. The van der Waals surface area contributed by atoms with Crippen molar-refractivity contribution in [2.24, 2.45) is 0 Å². The quantitative estimate of drug-likeness (QED) is 0.728. The minimum absolute atomic E-state index is 0.337. The van der Waals surface area contributed by atoms with Crippen molar-refractivity contribution in [3.05, 3.63) is 16.6 Å². The number of aromatic nitrogens is 1. The molecule has 3 nitrogen and oxygen atoms in total. The van der Waals surface area contributed by atoms with Gasteiger partial charge in [0.05, 0.1) is 11.6 Å². The number of nitrogens with one attached hydrogen (secondary N) is 1. The Balaban J connectivity index is 2.05. The number of hydrogen-bond donors (Lipinski definition) is 1. The molecule has 1 aromatic rings. The second-order valence-corrected chi connectivity index (χ2v) is 4.77. The van der Waals surface area contributed by atoms with Gasteiger partial charge >= 0.3 is 0 Å². The first-order valence-electron chi connectivity index (χ1n) is 5.43. The Morgan fingerprint density at radius 3 is 2.87 bits per heavy atom. The number of hydrogen-bond acceptors (Lipinski definition) is 4. The third kappa shape index (κ3) is 5.25. The van der Waals surface area contributed by atoms with Crippen LogP contribution in [0.1, 0.15) is 38.1 Å². The second-order valence-electron chi connectivity index (χ2n) is 3.85. The summed E-state index contributed by atoms with van der Waals surface area (Å²) in [4.78, 5) is 5.36. The lowest BCUT2D eigenvalue weighted by atomic mass is 10.3. The Bertz CT molecular complexity index is 249. The summed E-state index contributed by atoms with van der Waals surface area (Å²) in [5.74, 6) is 0. The van der Waals surface area contributed by atoms with Crippen molar-refractivity contribution < 1.29 is 4.74 Å². The molecule has 1 N–H and O–H groups in total. The highest BCUT2D eigenvalue weighted by atomic mass is 32.1. The minimum atomic E-state index is 0.337. The number of ether oxygens (including phenoxy) is 1. The van der Waals surface area contributed by atoms with Crippen LogP contribution in [0.15, 0.2) is 11.7 Å². The molecular formula is C11H20N2OS. The summed E-state index contributed by atoms with van der Waals surface area (Å²) in [6.07, 6.45) is 3.32. The summed E-state index contributed by atoms with van der Waals surface area (Å²) in [6.45, 7) is 8.11. The van der Waals surface area contributed by atoms with Gasteiger partial charge in [0.2, 0.25) is 0 Å². The van der Waals surface area contributed by atoms with Crippen LogP contribution in [0, 0.1) is 0 Å². The largest absolute Gasteiger partial charge is 0.379 e. The Labute approximate surface area is 95.9 Å². The maximum absolute atomic E-state index is 5.46. The number of nitrogens with zero attached hydrogens (tertiary/aromatic N) is 1. The molecule has 0 fully saturated rings. The summed E-state index contributed by atoms with van der Waals surface area (Å²) >= 11 is 1.69. The molecule has 86 valence electrons. The molecule has 1 atom stereocenters. The lowest BCUT2D eigenvalue weighted by molar-refractivity contribution is 0.0768. The standard InChI is InChI=1S/C11H20N2OS/c1-9(2)14-6-4-5-13-10(3)11-7-12-8-15-11/h7-10,13H,4-6H2,1-3H3. The topological polar surface area (TPSA) is 34.1 Å². The average molecular weight is 228 g/mol. The van der Waals surface area contributed by atoms with E-state index < -0.39 is 0 Å². The highest BCUT2D eigenvalue weighted by Gasteiger charge is 2.05. The van der Waals surface area contributed by atoms with Crippen molar-refractivity contribution in [1.29, 1.82) is 0 Å². The number of thiazole rings is 1. The van der Waals surface area contributed by atoms with Crippen molar-refractivity contribution in [2.75, 3.05) is 13.2 Å². The predicted octanol–water partition coefficient (Wildman–Crippen LogP) is 2.61. The van der Waals surface area contributed by atoms with E-state index in [1.807, 2.05) is 11.7 Å². The molecule has 0 saturated carbocycles. The van der Waals surface area contributed by atoms with E-state index in [9.17, 15) is 0 Å². The molecule has 1 aromatic heterocycles. The van der Waals surface area contributed by atoms with Gasteiger partial charge in [-0.2, -0.15) is 0 Å². The molecule has 0 spiro atoms. The molecule has 0 saturated heterocycles. The van der Waals surface area contributed by atoms with Gasteiger partial charge in [0.25, 0.3) is 0 Å². The molecule has 0 aromatic carbocycles. The molecule has 1 heterocycles. The molecule has 0 aliphatic rings. The fourth-order valence-electron chi connectivity index (χ4n) is 1.25. The molecule has 0 bridgehead atoms. The SMILES string of the molecule is CC(C)OCCCNC(C)c1cncs1. The van der Waals surface area contributed by atoms with Crippen LogP contribution in [-0.4, -0.2) is 24.2 Å². The van der Waals surface area contributed by atoms with E-state index in [0.29, 0.717) is 12.1 Å². The van der Waals surface area contributed by atoms with Crippen LogP contribution in [0.25, 0.3) is 0 Å². The lowest BCUT2D eigenvalue weighted by Gasteiger charge is -2.12. The summed E-state index contributed by atoms with van der Waals surface area (Å²) in [5.41, 5.74) is 1.87. The minimum Gasteiger partial charge on any atom is -0.379 e. The van der Waals surface area contributed by atoms with Crippen LogP contribution in [0.4, 0.5) is 0 Å². The molecule has 0 aliphatic heterocycles. The van der Waals surface area contributed by atoms with Gasteiger partial charge in [0.1, 0.15) is 0 Å². The van der Waals surface area contributed by atoms with E-state index in [2.05, 4.69) is 31.1 Å². The van der Waals surface area contributed by atoms with Crippen molar-refractivity contribution in [1.82, 2.24) is 10.3 Å². The van der Waals surface area contributed by atoms with Gasteiger partial charge in [0, 0.05) is 23.7 Å². The van der Waals surface area contributed by atoms with Crippen LogP contribution in [0.3, 0.4) is 0 Å². The highest BCUT2D eigenvalue weighted by molar-refractivity contribution is 7.09. The summed E-state index contributed by atoms with van der Waals surface area (Å²) in [6, 6.07) is 0.400. The third-order valence-corrected chi connectivity index (χ3v) is 3.06. The maximum atomic E-state index is 5.46. The van der Waals surface area contributed by atoms with E-state index in [0.717, 1.165) is 19.6 Å². The van der Waals surface area contributed by atoms with E-state index in [-0.39, 0.29) is 0 Å². The van der Waals surface area contributed by atoms with Crippen LogP contribution in [0.5, 0.6) is 0 Å². The molecular weight excluding hydrogens is 208 g/mol. The molecule has 1 rings (SSSR count). The molecule has 0 radical (unpaired) electrons. The zero-order chi connectivity index (χ0) is 11.1. The molecule has 1 unspecified atom stereocenters. The average Bonchev–Trinajstić information content (AvgIpc) is 2.69. The Morgan fingerprint density at radius 1 is 1.47 bits per heavy atom. The van der Waals surface area contributed by atoms with Gasteiger partial charge in [-0.05, 0) is 33.7 Å². The van der Waals surface area contributed by atoms with Gasteiger partial charge in [-0.1, -0.05) is 0 Å². The van der Waals surface area contributed by atoms with Crippen LogP contribution >= 0.6 is 11.3 Å². The predicted molar refractivity (Wildman–Crippen MR) is 64.2 cm³/mol. The Hall–Kier alpha value is -0.450. The third-order valence-electron chi connectivity index (χ3n) is 2.10. The summed E-state index contributed by atoms with van der Waals surface area (Å²) in [5, 5.41) is 3.45. The lowest BCUT2D eigenvalue weighted by Crippen LogP contribution is -2.20. The zero-order valence-corrected chi connectivity index (χ0v) is 10.5. The Kier molecular flexibility index (Phi) is 5.83. The highest BCUT2D eigenvalue weighted by Crippen LogP contribution is 2.15. The summed E-state index contributed by atoms with van der Waals surface area (Å²) in [7, 11) is 0. The van der Waals surface area contributed by atoms with Crippen molar-refractivity contribution in [3.8, 4) is 0 Å². The first kappa shape index (κ1) is 12.6. The van der Waals surface area contributed by atoms with Gasteiger partial charge in [-0.25, -0.2) is 0 Å². The zero-order valence-electron chi connectivity index (χ0n) is 9.69. The summed E-state index contributed by atoms with van der Waals surface area (Å²) < 4.78 is 5.46. The van der Waals surface area contributed by atoms with Crippen LogP contribution < -0.4 is 5.32 Å². The Morgan fingerprint density at radius 2 is 2.27 bits per heavy atom. The molecule has 15 heavy (non-hydrogen) atoms. The van der Waals surface area contributed by atoms with Gasteiger partial charge in [0.15, 0.2) is 0 Å². The van der Waals surface area contributed by atoms with E-state index in [1.165, 1.54) is 4.88 Å². The fraction of sp³-hybridized carbons (Fsp3) is 0.727. The smallest absolute Gasteiger partial charge is 0.0794 e. The van der Waals surface area contributed by atoms with E-state index in [4.69, 9.17) is 4.74 Å². The molecule has 0 amide bonds. The van der Waals surface area contributed by atoms with Crippen molar-refractivity contribution in [2.45, 2.75) is 39.3 Å². The molecule has 4 heteroatoms. The fourth-order valence-corrected chi connectivity index (χ4v) is 1.90. The van der Waals surface area contributed by atoms with Gasteiger partial charge in [-0.3, -0.25) is 4.98 Å². The monoisotopic (exact) mass is 228 g/mol. The van der Waals surface area contributed by atoms with Crippen LogP contribution in [-0.2, 0) is 4.74 Å². The molecule has 0 aliphatic carbocycles. The first-order chi connectivity index (χ1) is 7.20.